The SMILES string of the molecule is COCOc1cc2occ(-c3c(C(C)=O)cc4c(=O)c5ccc(C)cc5oc4c3C(C)=O)c(=O)c2c(C(=O)OC(C)(C)C)c1OC(=O)C(C)(C)C. The van der Waals surface area contributed by atoms with Gasteiger partial charge in [0.15, 0.2) is 29.9 Å². The highest BCUT2D eigenvalue weighted by Crippen LogP contribution is 2.41. The maximum Gasteiger partial charge on any atom is 0.343 e. The van der Waals surface area contributed by atoms with Crippen molar-refractivity contribution in [2.75, 3.05) is 13.9 Å². The fourth-order valence-corrected chi connectivity index (χ4v) is 5.51. The largest absolute Gasteiger partial charge is 0.463 e. The highest BCUT2D eigenvalue weighted by molar-refractivity contribution is 6.18. The molecular weight excluding hydrogens is 660 g/mol. The van der Waals surface area contributed by atoms with Crippen molar-refractivity contribution in [3.63, 3.8) is 0 Å². The maximum atomic E-state index is 14.8. The lowest BCUT2D eigenvalue weighted by Crippen LogP contribution is -2.29. The average Bonchev–Trinajstić information content (AvgIpc) is 3.01. The van der Waals surface area contributed by atoms with Crippen LogP contribution in [0.25, 0.3) is 44.0 Å². The lowest BCUT2D eigenvalue weighted by atomic mass is 9.88. The van der Waals surface area contributed by atoms with Crippen molar-refractivity contribution in [2.45, 2.75) is 67.9 Å². The molecule has 0 saturated heterocycles. The molecule has 0 N–H and O–H groups in total. The third-order valence-electron chi connectivity index (χ3n) is 7.85. The molecule has 0 fully saturated rings. The molecule has 0 radical (unpaired) electrons. The van der Waals surface area contributed by atoms with Crippen molar-refractivity contribution >= 4 is 56.4 Å². The van der Waals surface area contributed by atoms with Gasteiger partial charge < -0.3 is 27.8 Å². The molecule has 0 aliphatic heterocycles. The second kappa shape index (κ2) is 13.3. The third-order valence-corrected chi connectivity index (χ3v) is 7.85. The Morgan fingerprint density at radius 2 is 1.51 bits per heavy atom. The number of benzene rings is 3. The number of fused-ring (bicyclic) bond motifs is 3. The first-order valence-corrected chi connectivity index (χ1v) is 16.0. The number of Topliss-reactive ketones (excluding diaryl/α,β-unsaturated/α-hetero) is 2. The van der Waals surface area contributed by atoms with Gasteiger partial charge in [-0.25, -0.2) is 4.79 Å². The number of carbonyl (C=O) groups excluding carboxylic acids is 4. The van der Waals surface area contributed by atoms with E-state index in [2.05, 4.69) is 0 Å². The molecule has 0 bridgehead atoms. The Labute approximate surface area is 292 Å². The molecule has 5 aromatic rings. The normalized spacial score (nSPS) is 12.0. The van der Waals surface area contributed by atoms with Gasteiger partial charge in [0.2, 0.25) is 10.9 Å². The smallest absolute Gasteiger partial charge is 0.343 e. The summed E-state index contributed by atoms with van der Waals surface area (Å²) in [6.07, 6.45) is 1.04. The van der Waals surface area contributed by atoms with Gasteiger partial charge in [0, 0.05) is 24.3 Å². The van der Waals surface area contributed by atoms with Crippen molar-refractivity contribution in [3.05, 3.63) is 79.3 Å². The molecule has 51 heavy (non-hydrogen) atoms. The Bertz CT molecular complexity index is 2410. The molecule has 2 aromatic heterocycles. The first-order valence-electron chi connectivity index (χ1n) is 16.0. The molecule has 0 aliphatic carbocycles. The Balaban J connectivity index is 1.98. The predicted molar refractivity (Wildman–Crippen MR) is 189 cm³/mol. The van der Waals surface area contributed by atoms with Gasteiger partial charge in [-0.2, -0.15) is 0 Å². The molecule has 12 heteroatoms. The van der Waals surface area contributed by atoms with Crippen molar-refractivity contribution in [2.24, 2.45) is 5.41 Å². The van der Waals surface area contributed by atoms with Crippen LogP contribution in [0.5, 0.6) is 11.5 Å². The fraction of sp³-hybridized carbons (Fsp3) is 0.333. The minimum atomic E-state index is -1.07. The number of hydrogen-bond donors (Lipinski definition) is 0. The molecule has 12 nitrogen and oxygen atoms in total. The number of carbonyl (C=O) groups is 4. The number of hydrogen-bond acceptors (Lipinski definition) is 12. The monoisotopic (exact) mass is 698 g/mol. The van der Waals surface area contributed by atoms with Gasteiger partial charge in [-0.15, -0.1) is 0 Å². The molecule has 0 saturated carbocycles. The number of ether oxygens (including phenoxy) is 4. The van der Waals surface area contributed by atoms with E-state index >= 15 is 0 Å². The van der Waals surface area contributed by atoms with E-state index in [1.165, 1.54) is 33.1 Å². The van der Waals surface area contributed by atoms with Crippen molar-refractivity contribution < 1.29 is 47.0 Å². The summed E-state index contributed by atoms with van der Waals surface area (Å²) >= 11 is 0. The van der Waals surface area contributed by atoms with Gasteiger partial charge in [0.25, 0.3) is 0 Å². The Hall–Kier alpha value is -5.62. The molecular formula is C39H38O12. The van der Waals surface area contributed by atoms with E-state index in [1.807, 2.05) is 0 Å². The lowest BCUT2D eigenvalue weighted by molar-refractivity contribution is -0.143. The van der Waals surface area contributed by atoms with Crippen molar-refractivity contribution in [3.8, 4) is 22.6 Å². The van der Waals surface area contributed by atoms with Crippen LogP contribution in [0.3, 0.4) is 0 Å². The summed E-state index contributed by atoms with van der Waals surface area (Å²) in [5.41, 5.74) is -4.16. The third kappa shape index (κ3) is 6.91. The molecule has 266 valence electrons. The van der Waals surface area contributed by atoms with Crippen molar-refractivity contribution in [1.82, 2.24) is 0 Å². The van der Waals surface area contributed by atoms with Crippen LogP contribution in [0.1, 0.15) is 92.0 Å². The van der Waals surface area contributed by atoms with Crippen LogP contribution in [-0.4, -0.2) is 43.0 Å². The molecule has 0 spiro atoms. The number of rotatable bonds is 8. The highest BCUT2D eigenvalue weighted by atomic mass is 16.7. The second-order valence-corrected chi connectivity index (χ2v) is 14.2. The van der Waals surface area contributed by atoms with Gasteiger partial charge in [0.1, 0.15) is 34.2 Å². The minimum Gasteiger partial charge on any atom is -0.463 e. The van der Waals surface area contributed by atoms with Crippen LogP contribution >= 0.6 is 0 Å². The van der Waals surface area contributed by atoms with Crippen LogP contribution in [0.4, 0.5) is 0 Å². The fourth-order valence-electron chi connectivity index (χ4n) is 5.51. The molecule has 0 aliphatic rings. The topological polar surface area (TPSA) is 166 Å². The van der Waals surface area contributed by atoms with Crippen LogP contribution in [-0.2, 0) is 14.3 Å². The number of ketones is 2. The average molecular weight is 699 g/mol. The molecule has 3 aromatic carbocycles. The Morgan fingerprint density at radius 3 is 2.10 bits per heavy atom. The van der Waals surface area contributed by atoms with Gasteiger partial charge in [-0.1, -0.05) is 6.07 Å². The highest BCUT2D eigenvalue weighted by Gasteiger charge is 2.35. The van der Waals surface area contributed by atoms with E-state index in [0.717, 1.165) is 11.8 Å². The van der Waals surface area contributed by atoms with E-state index in [1.54, 1.807) is 66.7 Å². The standard InChI is InChI=1S/C39H38O12/c1-18-11-12-21-25(13-18)49-34-23(32(21)42)14-22(19(2)40)29(28(34)20(3)41)24-16-47-26-15-27(48-17-46-10)35(50-37(45)38(4,5)6)31(30(26)33(24)43)36(44)51-39(7,8)9/h11-16H,17H2,1-10H3. The summed E-state index contributed by atoms with van der Waals surface area (Å²) in [5, 5.41) is -0.190. The van der Waals surface area contributed by atoms with E-state index in [0.29, 0.717) is 0 Å². The maximum absolute atomic E-state index is 14.8. The summed E-state index contributed by atoms with van der Waals surface area (Å²) in [4.78, 5) is 82.5. The number of methoxy groups -OCH3 is 1. The van der Waals surface area contributed by atoms with Gasteiger partial charge in [-0.3, -0.25) is 24.0 Å². The Morgan fingerprint density at radius 1 is 0.824 bits per heavy atom. The predicted octanol–water partition coefficient (Wildman–Crippen LogP) is 7.32. The summed E-state index contributed by atoms with van der Waals surface area (Å²) in [6.45, 7) is 13.5. The zero-order valence-corrected chi connectivity index (χ0v) is 30.1. The van der Waals surface area contributed by atoms with Gasteiger partial charge in [-0.05, 0) is 86.1 Å². The molecule has 5 rings (SSSR count). The van der Waals surface area contributed by atoms with E-state index in [-0.39, 0.29) is 67.7 Å². The van der Waals surface area contributed by atoms with Crippen LogP contribution in [0.15, 0.2) is 55.0 Å². The van der Waals surface area contributed by atoms with E-state index in [4.69, 9.17) is 27.8 Å². The van der Waals surface area contributed by atoms with E-state index in [9.17, 15) is 28.8 Å². The zero-order chi connectivity index (χ0) is 37.7. The first-order chi connectivity index (χ1) is 23.7. The summed E-state index contributed by atoms with van der Waals surface area (Å²) in [6, 6.07) is 7.50. The number of esters is 2. The van der Waals surface area contributed by atoms with Gasteiger partial charge in [0.05, 0.1) is 32.7 Å². The second-order valence-electron chi connectivity index (χ2n) is 14.2. The van der Waals surface area contributed by atoms with E-state index < -0.39 is 56.7 Å². The number of aryl methyl sites for hydroxylation is 1. The zero-order valence-electron chi connectivity index (χ0n) is 30.1. The minimum absolute atomic E-state index is 0.0403. The quantitative estimate of drug-likeness (QED) is 0.0522. The summed E-state index contributed by atoms with van der Waals surface area (Å²) in [7, 11) is 1.36. The molecule has 0 amide bonds. The molecule has 0 unspecified atom stereocenters. The van der Waals surface area contributed by atoms with Crippen LogP contribution in [0, 0.1) is 12.3 Å². The molecule has 2 heterocycles. The van der Waals surface area contributed by atoms with Crippen LogP contribution < -0.4 is 20.3 Å². The van der Waals surface area contributed by atoms with Crippen molar-refractivity contribution in [1.29, 1.82) is 0 Å². The van der Waals surface area contributed by atoms with Crippen LogP contribution in [0.2, 0.25) is 0 Å². The van der Waals surface area contributed by atoms with Gasteiger partial charge >= 0.3 is 11.9 Å². The first kappa shape index (κ1) is 36.7. The summed E-state index contributed by atoms with van der Waals surface area (Å²) < 4.78 is 34.3. The lowest BCUT2D eigenvalue weighted by Gasteiger charge is -2.23. The summed E-state index contributed by atoms with van der Waals surface area (Å²) in [5.74, 6) is -3.61. The Kier molecular flexibility index (Phi) is 9.53. The molecule has 0 atom stereocenters.